The Morgan fingerprint density at radius 2 is 2.25 bits per heavy atom. The van der Waals surface area contributed by atoms with Crippen molar-refractivity contribution in [1.29, 1.82) is 0 Å². The van der Waals surface area contributed by atoms with Gasteiger partial charge in [0, 0.05) is 31.8 Å². The van der Waals surface area contributed by atoms with Crippen molar-refractivity contribution in [3.05, 3.63) is 11.6 Å². The van der Waals surface area contributed by atoms with Crippen LogP contribution in [-0.4, -0.2) is 55.0 Å². The first-order valence-electron chi connectivity index (χ1n) is 8.60. The molecule has 2 fully saturated rings. The van der Waals surface area contributed by atoms with Crippen molar-refractivity contribution in [2.24, 2.45) is 11.3 Å². The molecule has 4 rings (SSSR count). The van der Waals surface area contributed by atoms with Gasteiger partial charge in [-0.1, -0.05) is 0 Å². The van der Waals surface area contributed by atoms with Crippen LogP contribution in [0.4, 0.5) is 5.82 Å². The summed E-state index contributed by atoms with van der Waals surface area (Å²) in [6.07, 6.45) is 2.17. The van der Waals surface area contributed by atoms with E-state index in [1.165, 1.54) is 6.92 Å². The third-order valence-electron chi connectivity index (χ3n) is 5.54. The molecule has 0 bridgehead atoms. The number of anilines is 1. The van der Waals surface area contributed by atoms with Gasteiger partial charge in [0.15, 0.2) is 17.0 Å². The molecule has 11 nitrogen and oxygen atoms in total. The molecule has 13 heteroatoms. The quantitative estimate of drug-likeness (QED) is 0.349. The molecule has 2 saturated carbocycles. The van der Waals surface area contributed by atoms with Gasteiger partial charge in [-0.3, -0.25) is 9.32 Å². The van der Waals surface area contributed by atoms with Crippen LogP contribution >= 0.6 is 19.4 Å². The average molecular weight is 432 g/mol. The predicted octanol–water partition coefficient (Wildman–Crippen LogP) is 1.51. The molecule has 2 heterocycles. The molecule has 0 aromatic carbocycles. The second-order valence-electron chi connectivity index (χ2n) is 7.12. The summed E-state index contributed by atoms with van der Waals surface area (Å²) in [5, 5.41) is 3.00. The monoisotopic (exact) mass is 431 g/mol. The van der Waals surface area contributed by atoms with Crippen LogP contribution in [0.15, 0.2) is 6.33 Å². The Morgan fingerprint density at radius 1 is 1.50 bits per heavy atom. The molecule has 2 aliphatic carbocycles. The lowest BCUT2D eigenvalue weighted by Gasteiger charge is -2.23. The second kappa shape index (κ2) is 6.64. The summed E-state index contributed by atoms with van der Waals surface area (Å²) in [4.78, 5) is 42.5. The molecular weight excluding hydrogens is 413 g/mol. The summed E-state index contributed by atoms with van der Waals surface area (Å²) in [7, 11) is -2.93. The van der Waals surface area contributed by atoms with E-state index in [1.807, 2.05) is 4.57 Å². The lowest BCUT2D eigenvalue weighted by molar-refractivity contribution is -0.150. The maximum absolute atomic E-state index is 11.6. The van der Waals surface area contributed by atoms with Gasteiger partial charge in [-0.2, -0.15) is 9.97 Å². The highest BCUT2D eigenvalue weighted by atomic mass is 35.5. The third kappa shape index (κ3) is 3.27. The number of nitrogens with zero attached hydrogens (tertiary/aromatic N) is 4. The van der Waals surface area contributed by atoms with E-state index in [0.29, 0.717) is 29.8 Å². The maximum atomic E-state index is 11.6. The summed E-state index contributed by atoms with van der Waals surface area (Å²) in [6.45, 7) is 1.11. The highest BCUT2D eigenvalue weighted by Gasteiger charge is 2.69. The molecule has 0 saturated heterocycles. The lowest BCUT2D eigenvalue weighted by Crippen LogP contribution is -2.29. The molecule has 0 spiro atoms. The van der Waals surface area contributed by atoms with Gasteiger partial charge in [0.2, 0.25) is 5.28 Å². The number of hydrogen-bond acceptors (Lipinski definition) is 8. The molecule has 28 heavy (non-hydrogen) atoms. The number of esters is 1. The van der Waals surface area contributed by atoms with E-state index >= 15 is 0 Å². The predicted molar refractivity (Wildman–Crippen MR) is 97.6 cm³/mol. The Hall–Kier alpha value is -1.78. The van der Waals surface area contributed by atoms with E-state index in [-0.39, 0.29) is 23.9 Å². The van der Waals surface area contributed by atoms with Gasteiger partial charge in [-0.15, -0.1) is 0 Å². The number of carbonyl (C=O) groups is 1. The van der Waals surface area contributed by atoms with Crippen LogP contribution in [0.3, 0.4) is 0 Å². The first kappa shape index (κ1) is 19.5. The van der Waals surface area contributed by atoms with E-state index < -0.39 is 25.3 Å². The summed E-state index contributed by atoms with van der Waals surface area (Å²) in [6, 6.07) is -0.134. The number of halogens is 1. The van der Waals surface area contributed by atoms with Gasteiger partial charge in [0.05, 0.1) is 12.9 Å². The number of fused-ring (bicyclic) bond motifs is 2. The molecule has 0 amide bonds. The van der Waals surface area contributed by atoms with Crippen LogP contribution < -0.4 is 5.32 Å². The van der Waals surface area contributed by atoms with Gasteiger partial charge in [-0.25, -0.2) is 9.55 Å². The summed E-state index contributed by atoms with van der Waals surface area (Å²) < 4.78 is 23.3. The Kier molecular flexibility index (Phi) is 4.63. The zero-order valence-electron chi connectivity index (χ0n) is 15.1. The van der Waals surface area contributed by atoms with Crippen LogP contribution in [0.5, 0.6) is 0 Å². The summed E-state index contributed by atoms with van der Waals surface area (Å²) >= 11 is 6.03. The summed E-state index contributed by atoms with van der Waals surface area (Å²) in [5.41, 5.74) is 0.451. The molecule has 2 aromatic heterocycles. The molecule has 2 unspecified atom stereocenters. The number of phosphoric ester groups is 1. The number of carbonyl (C=O) groups excluding carboxylic acids is 1. The highest BCUT2D eigenvalue weighted by Crippen LogP contribution is 2.69. The highest BCUT2D eigenvalue weighted by molar-refractivity contribution is 7.46. The normalized spacial score (nSPS) is 29.0. The number of hydrogen-bond donors (Lipinski definition) is 3. The Bertz CT molecular complexity index is 995. The van der Waals surface area contributed by atoms with Gasteiger partial charge in [-0.05, 0) is 23.9 Å². The van der Waals surface area contributed by atoms with E-state index in [4.69, 9.17) is 30.6 Å². The molecular formula is C15H19ClN5O6P. The number of rotatable bonds is 6. The minimum Gasteiger partial charge on any atom is -0.462 e. The number of ether oxygens (including phenoxy) is 1. The first-order chi connectivity index (χ1) is 13.1. The Labute approximate surface area is 164 Å². The van der Waals surface area contributed by atoms with Crippen LogP contribution in [0.25, 0.3) is 11.2 Å². The largest absolute Gasteiger partial charge is 0.469 e. The van der Waals surface area contributed by atoms with Gasteiger partial charge < -0.3 is 24.4 Å². The average Bonchev–Trinajstić information content (AvgIpc) is 3.07. The van der Waals surface area contributed by atoms with E-state index in [1.54, 1.807) is 13.4 Å². The summed E-state index contributed by atoms with van der Waals surface area (Å²) in [5.74, 6) is 0.0351. The molecule has 0 aliphatic heterocycles. The molecule has 152 valence electrons. The minimum atomic E-state index is -4.64. The van der Waals surface area contributed by atoms with Crippen LogP contribution in [0, 0.1) is 11.3 Å². The van der Waals surface area contributed by atoms with E-state index in [0.717, 1.165) is 0 Å². The first-order valence-corrected chi connectivity index (χ1v) is 10.5. The van der Waals surface area contributed by atoms with Crippen molar-refractivity contribution >= 4 is 42.4 Å². The second-order valence-corrected chi connectivity index (χ2v) is 8.70. The number of phosphoric acid groups is 1. The van der Waals surface area contributed by atoms with Crippen molar-refractivity contribution in [2.45, 2.75) is 31.9 Å². The Morgan fingerprint density at radius 3 is 2.89 bits per heavy atom. The third-order valence-corrected chi connectivity index (χ3v) is 6.17. The van der Waals surface area contributed by atoms with Crippen molar-refractivity contribution in [3.63, 3.8) is 0 Å². The fraction of sp³-hybridized carbons (Fsp3) is 0.600. The SMILES string of the molecule is CNc1nc(Cl)nc2c1ncn2[C@H]1CC(OC(C)=O)[C@]2(COP(=O)(O)O)CC12. The van der Waals surface area contributed by atoms with Crippen molar-refractivity contribution < 1.29 is 28.4 Å². The van der Waals surface area contributed by atoms with Crippen LogP contribution in [0.1, 0.15) is 25.8 Å². The molecule has 2 aliphatic rings. The fourth-order valence-electron chi connectivity index (χ4n) is 4.30. The zero-order chi connectivity index (χ0) is 20.3. The van der Waals surface area contributed by atoms with E-state index in [2.05, 4.69) is 20.3 Å². The standard InChI is InChI=1S/C15H19ClN5O6P/c1-7(22)27-10-3-9(8-4-15(8,10)5-26-28(23,24)25)21-6-18-11-12(17-2)19-14(16)20-13(11)21/h6,8-10H,3-5H2,1-2H3,(H,17,19,20)(H2,23,24,25)/t8?,9-,10?,15-/m0/s1. The zero-order valence-corrected chi connectivity index (χ0v) is 16.7. The van der Waals surface area contributed by atoms with E-state index in [9.17, 15) is 9.36 Å². The Balaban J connectivity index is 1.69. The molecule has 2 aromatic rings. The molecule has 0 radical (unpaired) electrons. The van der Waals surface area contributed by atoms with Gasteiger partial charge in [0.25, 0.3) is 0 Å². The number of nitrogens with one attached hydrogen (secondary N) is 1. The van der Waals surface area contributed by atoms with Crippen molar-refractivity contribution in [1.82, 2.24) is 19.5 Å². The molecule has 3 N–H and O–H groups in total. The minimum absolute atomic E-state index is 0.00687. The lowest BCUT2D eigenvalue weighted by atomic mass is 10.0. The van der Waals surface area contributed by atoms with Gasteiger partial charge >= 0.3 is 13.8 Å². The van der Waals surface area contributed by atoms with Crippen LogP contribution in [0.2, 0.25) is 5.28 Å². The number of imidazole rings is 1. The molecule has 4 atom stereocenters. The topological polar surface area (TPSA) is 149 Å². The van der Waals surface area contributed by atoms with Gasteiger partial charge in [0.1, 0.15) is 6.10 Å². The maximum Gasteiger partial charge on any atom is 0.469 e. The number of aromatic nitrogens is 4. The van der Waals surface area contributed by atoms with Crippen LogP contribution in [-0.2, 0) is 18.6 Å². The fourth-order valence-corrected chi connectivity index (χ4v) is 4.87. The smallest absolute Gasteiger partial charge is 0.462 e. The van der Waals surface area contributed by atoms with Crippen molar-refractivity contribution in [2.75, 3.05) is 19.0 Å². The van der Waals surface area contributed by atoms with Crippen molar-refractivity contribution in [3.8, 4) is 0 Å².